The molecule has 0 aromatic heterocycles. The van der Waals surface area contributed by atoms with E-state index in [0.717, 1.165) is 13.1 Å². The Morgan fingerprint density at radius 3 is 1.24 bits per heavy atom. The van der Waals surface area contributed by atoms with E-state index < -0.39 is 0 Å². The first kappa shape index (κ1) is 23.9. The molecule has 2 nitrogen and oxygen atoms in total. The molecular weight excluding hydrogens is 269 g/mol. The van der Waals surface area contributed by atoms with Crippen molar-refractivity contribution in [3.8, 4) is 0 Å². The molecule has 0 aromatic rings. The molecule has 0 saturated carbocycles. The van der Waals surface area contributed by atoms with E-state index in [4.69, 9.17) is 0 Å². The fourth-order valence-electron chi connectivity index (χ4n) is 2.14. The minimum atomic E-state index is 0.355. The van der Waals surface area contributed by atoms with Crippen molar-refractivity contribution >= 4 is 20.4 Å². The highest BCUT2D eigenvalue weighted by atomic mass is 24.5. The average Bonchev–Trinajstić information content (AvgIpc) is 2.44. The van der Waals surface area contributed by atoms with Crippen molar-refractivity contribution in [2.45, 2.75) is 74.3 Å². The van der Waals surface area contributed by atoms with E-state index in [-0.39, 0.29) is 0 Å². The Morgan fingerprint density at radius 2 is 0.952 bits per heavy atom. The molecule has 0 aromatic carbocycles. The number of unbranched alkanes of at least 4 members (excludes halogenated alkanes) is 6. The van der Waals surface area contributed by atoms with Crippen LogP contribution >= 0.6 is 0 Å². The van der Waals surface area contributed by atoms with E-state index in [1.807, 2.05) is 0 Å². The standard InChI is InChI=1S/C6H16N2.2C6H13.Mg/c1-7(2)5-6-8(3)4;2*1-3-5-6-4-2;/h5-6H2,1-4H3;2*1,3-6H2,2H3;. The molecule has 0 aliphatic carbocycles. The Kier molecular flexibility index (Phi) is 23.6. The molecule has 0 unspecified atom stereocenters. The van der Waals surface area contributed by atoms with Crippen molar-refractivity contribution in [3.05, 3.63) is 0 Å². The second kappa shape index (κ2) is 20.7. The van der Waals surface area contributed by atoms with Crippen LogP contribution in [0.2, 0.25) is 9.10 Å². The number of nitrogens with zero attached hydrogens (tertiary/aromatic N) is 2. The van der Waals surface area contributed by atoms with Crippen molar-refractivity contribution in [1.29, 1.82) is 0 Å². The second-order valence-corrected chi connectivity index (χ2v) is 8.91. The maximum absolute atomic E-state index is 2.29. The SMILES string of the molecule is CCCCC[CH2][Mg][CH2]CCCCC.CN(C)CCN(C)C. The summed E-state index contributed by atoms with van der Waals surface area (Å²) in [5.41, 5.74) is 0. The quantitative estimate of drug-likeness (QED) is 0.356. The number of rotatable bonds is 13. The monoisotopic (exact) mass is 310 g/mol. The van der Waals surface area contributed by atoms with Gasteiger partial charge in [0.05, 0.1) is 0 Å². The van der Waals surface area contributed by atoms with Gasteiger partial charge in [-0.1, -0.05) is 65.2 Å². The second-order valence-electron chi connectivity index (χ2n) is 6.79. The predicted octanol–water partition coefficient (Wildman–Crippen LogP) is 4.80. The lowest BCUT2D eigenvalue weighted by atomic mass is 10.2. The summed E-state index contributed by atoms with van der Waals surface area (Å²) in [5, 5.41) is 0. The summed E-state index contributed by atoms with van der Waals surface area (Å²) in [6.07, 6.45) is 11.8. The predicted molar refractivity (Wildman–Crippen MR) is 101 cm³/mol. The largest absolute Gasteiger partial charge is 0.364 e. The summed E-state index contributed by atoms with van der Waals surface area (Å²) < 4.78 is 3.23. The molecule has 21 heavy (non-hydrogen) atoms. The van der Waals surface area contributed by atoms with Crippen LogP contribution in [-0.4, -0.2) is 71.4 Å². The zero-order chi connectivity index (χ0) is 16.3. The zero-order valence-corrected chi connectivity index (χ0v) is 17.5. The van der Waals surface area contributed by atoms with E-state index in [1.165, 1.54) is 51.4 Å². The van der Waals surface area contributed by atoms with Crippen molar-refractivity contribution in [2.24, 2.45) is 0 Å². The van der Waals surface area contributed by atoms with Crippen LogP contribution in [0.3, 0.4) is 0 Å². The first-order valence-corrected chi connectivity index (χ1v) is 11.3. The van der Waals surface area contributed by atoms with Gasteiger partial charge in [-0.15, -0.1) is 9.10 Å². The van der Waals surface area contributed by atoms with Gasteiger partial charge in [0.25, 0.3) is 0 Å². The van der Waals surface area contributed by atoms with E-state index in [2.05, 4.69) is 51.8 Å². The third-order valence-electron chi connectivity index (χ3n) is 3.70. The first-order chi connectivity index (χ1) is 10.0. The molecule has 0 aliphatic heterocycles. The maximum Gasteiger partial charge on any atom is 0.364 e. The molecular formula is C18H42MgN2. The highest BCUT2D eigenvalue weighted by Gasteiger charge is 1.95. The summed E-state index contributed by atoms with van der Waals surface area (Å²) in [5.74, 6) is 0. The van der Waals surface area contributed by atoms with Gasteiger partial charge in [-0.2, -0.15) is 0 Å². The minimum Gasteiger partial charge on any atom is -0.308 e. The molecule has 0 N–H and O–H groups in total. The van der Waals surface area contributed by atoms with Gasteiger partial charge in [0, 0.05) is 13.1 Å². The van der Waals surface area contributed by atoms with Crippen LogP contribution in [0.1, 0.15) is 65.2 Å². The normalized spacial score (nSPS) is 10.5. The van der Waals surface area contributed by atoms with Crippen LogP contribution in [0.25, 0.3) is 0 Å². The third-order valence-corrected chi connectivity index (χ3v) is 5.70. The highest BCUT2D eigenvalue weighted by Crippen LogP contribution is 2.07. The Balaban J connectivity index is 0. The fourth-order valence-corrected chi connectivity index (χ4v) is 3.91. The lowest BCUT2D eigenvalue weighted by Crippen LogP contribution is -2.25. The topological polar surface area (TPSA) is 6.48 Å². The number of hydrogen-bond donors (Lipinski definition) is 0. The summed E-state index contributed by atoms with van der Waals surface area (Å²) in [7, 11) is 8.35. The summed E-state index contributed by atoms with van der Waals surface area (Å²) in [4.78, 5) is 4.36. The maximum atomic E-state index is 2.29. The Morgan fingerprint density at radius 1 is 0.571 bits per heavy atom. The highest BCUT2D eigenvalue weighted by molar-refractivity contribution is 6.35. The van der Waals surface area contributed by atoms with Crippen LogP contribution in [0.5, 0.6) is 0 Å². The van der Waals surface area contributed by atoms with E-state index >= 15 is 0 Å². The first-order valence-electron chi connectivity index (χ1n) is 9.34. The summed E-state index contributed by atoms with van der Waals surface area (Å²) in [6, 6.07) is 0. The summed E-state index contributed by atoms with van der Waals surface area (Å²) >= 11 is 0.355. The molecule has 0 amide bonds. The van der Waals surface area contributed by atoms with Crippen molar-refractivity contribution in [1.82, 2.24) is 9.80 Å². The molecule has 0 rings (SSSR count). The van der Waals surface area contributed by atoms with Gasteiger partial charge >= 0.3 is 20.4 Å². The molecule has 0 atom stereocenters. The lowest BCUT2D eigenvalue weighted by Gasteiger charge is -2.13. The van der Waals surface area contributed by atoms with Crippen LogP contribution in [0.4, 0.5) is 0 Å². The third kappa shape index (κ3) is 29.4. The van der Waals surface area contributed by atoms with Gasteiger partial charge in [0.15, 0.2) is 0 Å². The van der Waals surface area contributed by atoms with Gasteiger partial charge in [0.2, 0.25) is 0 Å². The van der Waals surface area contributed by atoms with Gasteiger partial charge < -0.3 is 9.80 Å². The fraction of sp³-hybridized carbons (Fsp3) is 1.00. The molecule has 0 fully saturated rings. The van der Waals surface area contributed by atoms with E-state index in [9.17, 15) is 0 Å². The van der Waals surface area contributed by atoms with Crippen molar-refractivity contribution in [2.75, 3.05) is 41.3 Å². The Labute approximate surface area is 145 Å². The Bertz CT molecular complexity index is 155. The lowest BCUT2D eigenvalue weighted by molar-refractivity contribution is 0.320. The van der Waals surface area contributed by atoms with Gasteiger partial charge in [-0.25, -0.2) is 0 Å². The zero-order valence-electron chi connectivity index (χ0n) is 16.1. The van der Waals surface area contributed by atoms with Gasteiger partial charge in [-0.3, -0.25) is 0 Å². The number of hydrogen-bond acceptors (Lipinski definition) is 2. The molecule has 126 valence electrons. The van der Waals surface area contributed by atoms with Gasteiger partial charge in [0.1, 0.15) is 0 Å². The molecule has 3 heteroatoms. The van der Waals surface area contributed by atoms with Crippen molar-refractivity contribution in [3.63, 3.8) is 0 Å². The molecule has 0 saturated heterocycles. The van der Waals surface area contributed by atoms with Gasteiger partial charge in [-0.05, 0) is 28.2 Å². The van der Waals surface area contributed by atoms with Crippen LogP contribution in [-0.2, 0) is 0 Å². The Hall–Kier alpha value is 0.686. The van der Waals surface area contributed by atoms with Crippen LogP contribution in [0.15, 0.2) is 0 Å². The summed E-state index contributed by atoms with van der Waals surface area (Å²) in [6.45, 7) is 6.88. The minimum absolute atomic E-state index is 0.355. The molecule has 0 aliphatic rings. The smallest absolute Gasteiger partial charge is 0.308 e. The number of likely N-dealkylation sites (N-methyl/N-ethyl adjacent to an activating group) is 2. The van der Waals surface area contributed by atoms with Crippen LogP contribution < -0.4 is 0 Å². The van der Waals surface area contributed by atoms with E-state index in [0.29, 0.717) is 20.4 Å². The average molecular weight is 311 g/mol. The molecule has 0 heterocycles. The molecule has 0 spiro atoms. The van der Waals surface area contributed by atoms with E-state index in [1.54, 1.807) is 9.10 Å². The van der Waals surface area contributed by atoms with Crippen LogP contribution in [0, 0.1) is 0 Å². The van der Waals surface area contributed by atoms with Crippen molar-refractivity contribution < 1.29 is 0 Å². The molecule has 0 radical (unpaired) electrons. The molecule has 0 bridgehead atoms.